The number of nitrogens with one attached hydrogen (secondary N) is 1. The normalized spacial score (nSPS) is 11.0. The van der Waals surface area contributed by atoms with E-state index in [1.165, 1.54) is 12.3 Å². The number of benzene rings is 2. The monoisotopic (exact) mass is 419 g/mol. The summed E-state index contributed by atoms with van der Waals surface area (Å²) < 4.78 is 11.0. The molecule has 2 aromatic carbocycles. The van der Waals surface area contributed by atoms with Gasteiger partial charge in [0, 0.05) is 18.2 Å². The molecule has 0 saturated carbocycles. The van der Waals surface area contributed by atoms with E-state index in [1.54, 1.807) is 0 Å². The lowest BCUT2D eigenvalue weighted by Gasteiger charge is -2.17. The smallest absolute Gasteiger partial charge is 0.307 e. The molecule has 0 radical (unpaired) electrons. The summed E-state index contributed by atoms with van der Waals surface area (Å²) in [6.07, 6.45) is 2.63. The van der Waals surface area contributed by atoms with E-state index in [2.05, 4.69) is 18.8 Å². The van der Waals surface area contributed by atoms with Gasteiger partial charge in [-0.2, -0.15) is 0 Å². The lowest BCUT2D eigenvalue weighted by Crippen LogP contribution is -2.14. The fourth-order valence-corrected chi connectivity index (χ4v) is 3.28. The number of aromatic nitrogens is 1. The van der Waals surface area contributed by atoms with Crippen LogP contribution in [-0.4, -0.2) is 17.6 Å². The Labute approximate surface area is 183 Å². The van der Waals surface area contributed by atoms with Crippen LogP contribution in [0.2, 0.25) is 0 Å². The summed E-state index contributed by atoms with van der Waals surface area (Å²) in [5, 5.41) is 0. The molecule has 0 unspecified atom stereocenters. The molecule has 0 aliphatic rings. The van der Waals surface area contributed by atoms with Gasteiger partial charge in [0.05, 0.1) is 18.7 Å². The molecule has 0 spiro atoms. The predicted octanol–water partition coefficient (Wildman–Crippen LogP) is 5.07. The van der Waals surface area contributed by atoms with Crippen molar-refractivity contribution in [1.29, 1.82) is 0 Å². The quantitative estimate of drug-likeness (QED) is 0.466. The van der Waals surface area contributed by atoms with Crippen molar-refractivity contribution in [2.45, 2.75) is 39.2 Å². The van der Waals surface area contributed by atoms with E-state index in [4.69, 9.17) is 9.47 Å². The molecule has 0 saturated heterocycles. The van der Waals surface area contributed by atoms with Crippen LogP contribution >= 0.6 is 0 Å². The van der Waals surface area contributed by atoms with E-state index >= 15 is 0 Å². The third-order valence-electron chi connectivity index (χ3n) is 5.05. The fourth-order valence-electron chi connectivity index (χ4n) is 3.28. The highest BCUT2D eigenvalue weighted by atomic mass is 16.5. The second kappa shape index (κ2) is 11.2. The maximum Gasteiger partial charge on any atom is 0.307 e. The summed E-state index contributed by atoms with van der Waals surface area (Å²) in [6, 6.07) is 21.2. The highest BCUT2D eigenvalue weighted by Gasteiger charge is 2.19. The summed E-state index contributed by atoms with van der Waals surface area (Å²) in [4.78, 5) is 27.8. The number of hydrogen-bond acceptors (Lipinski definition) is 4. The minimum Gasteiger partial charge on any atom is -0.488 e. The first-order chi connectivity index (χ1) is 15.0. The molecule has 162 valence electrons. The van der Waals surface area contributed by atoms with Crippen molar-refractivity contribution >= 4 is 5.97 Å². The lowest BCUT2D eigenvalue weighted by atomic mass is 9.89. The summed E-state index contributed by atoms with van der Waals surface area (Å²) in [6.45, 7) is 4.71. The van der Waals surface area contributed by atoms with Gasteiger partial charge in [-0.3, -0.25) is 9.59 Å². The molecular weight excluding hydrogens is 390 g/mol. The first kappa shape index (κ1) is 22.3. The Hall–Kier alpha value is -3.34. The minimum absolute atomic E-state index is 0.0106. The van der Waals surface area contributed by atoms with Gasteiger partial charge in [0.1, 0.15) is 6.61 Å². The molecule has 0 aliphatic heterocycles. The summed E-state index contributed by atoms with van der Waals surface area (Å²) >= 11 is 0. The zero-order chi connectivity index (χ0) is 22.1. The number of pyridine rings is 1. The SMILES string of the molecule is CC(C)CCOc1c[nH]c(COC(=O)CC(c2ccccc2)c2ccccc2)cc1=O. The minimum atomic E-state index is -0.323. The Balaban J connectivity index is 1.60. The number of ether oxygens (including phenoxy) is 2. The lowest BCUT2D eigenvalue weighted by molar-refractivity contribution is -0.145. The third-order valence-corrected chi connectivity index (χ3v) is 5.05. The molecular formula is C26H29NO4. The van der Waals surface area contributed by atoms with E-state index in [1.807, 2.05) is 60.7 Å². The number of hydrogen-bond donors (Lipinski definition) is 1. The molecule has 0 fully saturated rings. The molecule has 1 N–H and O–H groups in total. The fraction of sp³-hybridized carbons (Fsp3) is 0.308. The highest BCUT2D eigenvalue weighted by Crippen LogP contribution is 2.28. The second-order valence-corrected chi connectivity index (χ2v) is 7.96. The number of carbonyl (C=O) groups excluding carboxylic acids is 1. The molecule has 0 bridgehead atoms. The molecule has 1 aromatic heterocycles. The average Bonchev–Trinajstić information content (AvgIpc) is 2.78. The third kappa shape index (κ3) is 6.85. The van der Waals surface area contributed by atoms with Gasteiger partial charge in [-0.25, -0.2) is 0 Å². The van der Waals surface area contributed by atoms with Gasteiger partial charge < -0.3 is 14.5 Å². The van der Waals surface area contributed by atoms with Crippen LogP contribution in [0.15, 0.2) is 77.7 Å². The van der Waals surface area contributed by atoms with E-state index in [9.17, 15) is 9.59 Å². The van der Waals surface area contributed by atoms with Crippen LogP contribution in [0, 0.1) is 5.92 Å². The molecule has 31 heavy (non-hydrogen) atoms. The van der Waals surface area contributed by atoms with Crippen LogP contribution in [0.25, 0.3) is 0 Å². The number of aromatic amines is 1. The Morgan fingerprint density at radius 1 is 0.968 bits per heavy atom. The maximum atomic E-state index is 12.6. The number of H-pyrrole nitrogens is 1. The first-order valence-corrected chi connectivity index (χ1v) is 10.6. The highest BCUT2D eigenvalue weighted by molar-refractivity contribution is 5.71. The first-order valence-electron chi connectivity index (χ1n) is 10.6. The molecule has 0 aliphatic carbocycles. The van der Waals surface area contributed by atoms with E-state index in [0.717, 1.165) is 17.5 Å². The second-order valence-electron chi connectivity index (χ2n) is 7.96. The molecule has 5 heteroatoms. The topological polar surface area (TPSA) is 68.4 Å². The maximum absolute atomic E-state index is 12.6. The van der Waals surface area contributed by atoms with Gasteiger partial charge in [0.2, 0.25) is 5.43 Å². The van der Waals surface area contributed by atoms with Gasteiger partial charge >= 0.3 is 5.97 Å². The zero-order valence-corrected chi connectivity index (χ0v) is 18.0. The van der Waals surface area contributed by atoms with Gasteiger partial charge in [-0.05, 0) is 23.5 Å². The van der Waals surface area contributed by atoms with Crippen molar-refractivity contribution < 1.29 is 14.3 Å². The molecule has 0 atom stereocenters. The van der Waals surface area contributed by atoms with E-state index < -0.39 is 0 Å². The molecule has 0 amide bonds. The summed E-state index contributed by atoms with van der Waals surface area (Å²) in [7, 11) is 0. The summed E-state index contributed by atoms with van der Waals surface area (Å²) in [5.74, 6) is 0.374. The largest absolute Gasteiger partial charge is 0.488 e. The predicted molar refractivity (Wildman–Crippen MR) is 121 cm³/mol. The molecule has 5 nitrogen and oxygen atoms in total. The van der Waals surface area contributed by atoms with Crippen molar-refractivity contribution in [3.05, 3.63) is 100.0 Å². The Bertz CT molecular complexity index is 973. The van der Waals surface area contributed by atoms with Crippen LogP contribution < -0.4 is 10.2 Å². The Morgan fingerprint density at radius 3 is 2.13 bits per heavy atom. The van der Waals surface area contributed by atoms with Gasteiger partial charge in [-0.15, -0.1) is 0 Å². The van der Waals surface area contributed by atoms with Crippen LogP contribution in [0.3, 0.4) is 0 Å². The van der Waals surface area contributed by atoms with Crippen molar-refractivity contribution in [1.82, 2.24) is 4.98 Å². The summed E-state index contributed by atoms with van der Waals surface area (Å²) in [5.41, 5.74) is 2.43. The van der Waals surface area contributed by atoms with Gasteiger partial charge in [0.15, 0.2) is 5.75 Å². The Morgan fingerprint density at radius 2 is 1.58 bits per heavy atom. The molecule has 1 heterocycles. The molecule has 3 aromatic rings. The van der Waals surface area contributed by atoms with Crippen LogP contribution in [0.5, 0.6) is 5.75 Å². The Kier molecular flexibility index (Phi) is 8.05. The van der Waals surface area contributed by atoms with E-state index in [-0.39, 0.29) is 36.1 Å². The van der Waals surface area contributed by atoms with Gasteiger partial charge in [-0.1, -0.05) is 74.5 Å². The van der Waals surface area contributed by atoms with Crippen LogP contribution in [-0.2, 0) is 16.1 Å². The van der Waals surface area contributed by atoms with Crippen molar-refractivity contribution in [2.75, 3.05) is 6.61 Å². The van der Waals surface area contributed by atoms with Crippen LogP contribution in [0.4, 0.5) is 0 Å². The van der Waals surface area contributed by atoms with Crippen molar-refractivity contribution in [3.8, 4) is 5.75 Å². The molecule has 3 rings (SSSR count). The van der Waals surface area contributed by atoms with Crippen molar-refractivity contribution in [3.63, 3.8) is 0 Å². The average molecular weight is 420 g/mol. The zero-order valence-electron chi connectivity index (χ0n) is 18.0. The van der Waals surface area contributed by atoms with E-state index in [0.29, 0.717) is 18.2 Å². The van der Waals surface area contributed by atoms with Crippen LogP contribution in [0.1, 0.15) is 49.4 Å². The standard InChI is InChI=1S/C26H29NO4/c1-19(2)13-14-30-25-17-27-22(15-24(25)28)18-31-26(29)16-23(20-9-5-3-6-10-20)21-11-7-4-8-12-21/h3-12,15,17,19,23H,13-14,16,18H2,1-2H3,(H,27,28). The van der Waals surface area contributed by atoms with Gasteiger partial charge in [0.25, 0.3) is 0 Å². The van der Waals surface area contributed by atoms with Crippen molar-refractivity contribution in [2.24, 2.45) is 5.92 Å². The number of esters is 1. The number of carbonyl (C=O) groups is 1. The number of rotatable bonds is 10.